The highest BCUT2D eigenvalue weighted by Gasteiger charge is 2.17. The smallest absolute Gasteiger partial charge is 0.255 e. The number of halogens is 2. The summed E-state index contributed by atoms with van der Waals surface area (Å²) in [6.07, 6.45) is 0. The number of amides is 1. The third kappa shape index (κ3) is 2.56. The lowest BCUT2D eigenvalue weighted by Gasteiger charge is -2.19. The number of rotatable bonds is 3. The van der Waals surface area contributed by atoms with Crippen molar-refractivity contribution < 1.29 is 9.18 Å². The number of carbonyl (C=O) groups is 1. The standard InChI is InChI=1S/C11H13BrFNO/c1-3-14(4-2)11(15)8-6-5-7-9(13)10(8)12/h5-7H,3-4H2,1-2H3. The second-order valence-electron chi connectivity index (χ2n) is 3.08. The molecule has 4 heteroatoms. The van der Waals surface area contributed by atoms with Crippen molar-refractivity contribution in [2.75, 3.05) is 13.1 Å². The van der Waals surface area contributed by atoms with Crippen LogP contribution < -0.4 is 0 Å². The van der Waals surface area contributed by atoms with Crippen molar-refractivity contribution in [3.8, 4) is 0 Å². The monoisotopic (exact) mass is 273 g/mol. The molecule has 0 aliphatic heterocycles. The molecule has 0 bridgehead atoms. The van der Waals surface area contributed by atoms with Gasteiger partial charge < -0.3 is 4.90 Å². The predicted octanol–water partition coefficient (Wildman–Crippen LogP) is 3.07. The molecule has 1 aromatic rings. The Morgan fingerprint density at radius 2 is 2.00 bits per heavy atom. The Hall–Kier alpha value is -0.900. The normalized spacial score (nSPS) is 10.1. The molecule has 0 radical (unpaired) electrons. The van der Waals surface area contributed by atoms with E-state index in [0.29, 0.717) is 18.7 Å². The Kier molecular flexibility index (Phi) is 4.27. The van der Waals surface area contributed by atoms with Gasteiger partial charge in [0, 0.05) is 13.1 Å². The fourth-order valence-corrected chi connectivity index (χ4v) is 1.78. The van der Waals surface area contributed by atoms with Gasteiger partial charge in [-0.25, -0.2) is 4.39 Å². The van der Waals surface area contributed by atoms with E-state index in [1.54, 1.807) is 11.0 Å². The molecule has 0 N–H and O–H groups in total. The molecule has 1 aromatic carbocycles. The second kappa shape index (κ2) is 5.26. The van der Waals surface area contributed by atoms with Crippen molar-refractivity contribution in [2.24, 2.45) is 0 Å². The molecule has 0 unspecified atom stereocenters. The SMILES string of the molecule is CCN(CC)C(=O)c1cccc(F)c1Br. The maximum Gasteiger partial charge on any atom is 0.255 e. The van der Waals surface area contributed by atoms with E-state index >= 15 is 0 Å². The Labute approximate surface area is 97.2 Å². The average molecular weight is 274 g/mol. The second-order valence-corrected chi connectivity index (χ2v) is 3.87. The maximum atomic E-state index is 13.2. The maximum absolute atomic E-state index is 13.2. The van der Waals surface area contributed by atoms with Crippen molar-refractivity contribution in [1.82, 2.24) is 4.90 Å². The van der Waals surface area contributed by atoms with Crippen LogP contribution in [0.5, 0.6) is 0 Å². The molecule has 0 aliphatic rings. The highest BCUT2D eigenvalue weighted by atomic mass is 79.9. The van der Waals surface area contributed by atoms with Gasteiger partial charge in [-0.3, -0.25) is 4.79 Å². The summed E-state index contributed by atoms with van der Waals surface area (Å²) in [5, 5.41) is 0. The van der Waals surface area contributed by atoms with Gasteiger partial charge in [-0.1, -0.05) is 6.07 Å². The van der Waals surface area contributed by atoms with Gasteiger partial charge in [0.15, 0.2) is 0 Å². The van der Waals surface area contributed by atoms with Crippen LogP contribution in [0.4, 0.5) is 4.39 Å². The minimum Gasteiger partial charge on any atom is -0.339 e. The van der Waals surface area contributed by atoms with Crippen molar-refractivity contribution in [1.29, 1.82) is 0 Å². The lowest BCUT2D eigenvalue weighted by atomic mass is 10.2. The zero-order chi connectivity index (χ0) is 11.4. The number of carbonyl (C=O) groups excluding carboxylic acids is 1. The molecule has 0 spiro atoms. The summed E-state index contributed by atoms with van der Waals surface area (Å²) in [4.78, 5) is 13.6. The van der Waals surface area contributed by atoms with E-state index in [1.807, 2.05) is 13.8 Å². The molecular formula is C11H13BrFNO. The van der Waals surface area contributed by atoms with Gasteiger partial charge in [-0.05, 0) is 41.9 Å². The minimum atomic E-state index is -0.409. The molecule has 82 valence electrons. The molecule has 0 fully saturated rings. The Morgan fingerprint density at radius 1 is 1.40 bits per heavy atom. The first kappa shape index (κ1) is 12.2. The number of nitrogens with zero attached hydrogens (tertiary/aromatic N) is 1. The molecule has 0 saturated heterocycles. The topological polar surface area (TPSA) is 20.3 Å². The molecule has 0 aliphatic carbocycles. The highest BCUT2D eigenvalue weighted by molar-refractivity contribution is 9.10. The van der Waals surface area contributed by atoms with Crippen LogP contribution in [0.3, 0.4) is 0 Å². The lowest BCUT2D eigenvalue weighted by molar-refractivity contribution is 0.0771. The molecule has 0 aromatic heterocycles. The van der Waals surface area contributed by atoms with Crippen LogP contribution >= 0.6 is 15.9 Å². The first-order chi connectivity index (χ1) is 7.11. The van der Waals surface area contributed by atoms with Crippen LogP contribution in [-0.2, 0) is 0 Å². The van der Waals surface area contributed by atoms with E-state index in [4.69, 9.17) is 0 Å². The molecule has 0 atom stereocenters. The van der Waals surface area contributed by atoms with Crippen molar-refractivity contribution >= 4 is 21.8 Å². The molecule has 1 rings (SSSR count). The summed E-state index contributed by atoms with van der Waals surface area (Å²) in [5.74, 6) is -0.556. The average Bonchev–Trinajstić information content (AvgIpc) is 2.23. The van der Waals surface area contributed by atoms with Gasteiger partial charge in [0.05, 0.1) is 10.0 Å². The summed E-state index contributed by atoms with van der Waals surface area (Å²) in [7, 11) is 0. The predicted molar refractivity (Wildman–Crippen MR) is 61.4 cm³/mol. The number of benzene rings is 1. The number of hydrogen-bond donors (Lipinski definition) is 0. The highest BCUT2D eigenvalue weighted by Crippen LogP contribution is 2.21. The summed E-state index contributed by atoms with van der Waals surface area (Å²) in [6, 6.07) is 4.48. The fraction of sp³-hybridized carbons (Fsp3) is 0.364. The van der Waals surface area contributed by atoms with Gasteiger partial charge in [0.2, 0.25) is 0 Å². The minimum absolute atomic E-state index is 0.147. The van der Waals surface area contributed by atoms with E-state index in [9.17, 15) is 9.18 Å². The molecule has 0 heterocycles. The number of hydrogen-bond acceptors (Lipinski definition) is 1. The molecule has 1 amide bonds. The van der Waals surface area contributed by atoms with Crippen LogP contribution in [0, 0.1) is 5.82 Å². The van der Waals surface area contributed by atoms with Gasteiger partial charge in [0.1, 0.15) is 5.82 Å². The van der Waals surface area contributed by atoms with Crippen LogP contribution in [0.25, 0.3) is 0 Å². The van der Waals surface area contributed by atoms with Crippen LogP contribution in [0.1, 0.15) is 24.2 Å². The quantitative estimate of drug-likeness (QED) is 0.829. The van der Waals surface area contributed by atoms with E-state index in [1.165, 1.54) is 12.1 Å². The largest absolute Gasteiger partial charge is 0.339 e. The van der Waals surface area contributed by atoms with Gasteiger partial charge in [-0.15, -0.1) is 0 Å². The Balaban J connectivity index is 3.05. The fourth-order valence-electron chi connectivity index (χ4n) is 1.35. The van der Waals surface area contributed by atoms with Gasteiger partial charge in [-0.2, -0.15) is 0 Å². The van der Waals surface area contributed by atoms with E-state index in [2.05, 4.69) is 15.9 Å². The van der Waals surface area contributed by atoms with E-state index in [0.717, 1.165) is 0 Å². The van der Waals surface area contributed by atoms with E-state index in [-0.39, 0.29) is 10.4 Å². The molecular weight excluding hydrogens is 261 g/mol. The van der Waals surface area contributed by atoms with Gasteiger partial charge in [0.25, 0.3) is 5.91 Å². The molecule has 2 nitrogen and oxygen atoms in total. The first-order valence-electron chi connectivity index (χ1n) is 4.85. The van der Waals surface area contributed by atoms with Crippen molar-refractivity contribution in [2.45, 2.75) is 13.8 Å². The van der Waals surface area contributed by atoms with Crippen molar-refractivity contribution in [3.63, 3.8) is 0 Å². The zero-order valence-electron chi connectivity index (χ0n) is 8.76. The lowest BCUT2D eigenvalue weighted by Crippen LogP contribution is -2.30. The Morgan fingerprint density at radius 3 is 2.53 bits per heavy atom. The molecule has 0 saturated carbocycles. The summed E-state index contributed by atoms with van der Waals surface area (Å²) < 4.78 is 13.4. The van der Waals surface area contributed by atoms with Crippen LogP contribution in [-0.4, -0.2) is 23.9 Å². The summed E-state index contributed by atoms with van der Waals surface area (Å²) in [5.41, 5.74) is 0.374. The summed E-state index contributed by atoms with van der Waals surface area (Å²) in [6.45, 7) is 5.04. The first-order valence-corrected chi connectivity index (χ1v) is 5.64. The Bertz CT molecular complexity index is 364. The molecule has 15 heavy (non-hydrogen) atoms. The van der Waals surface area contributed by atoms with Crippen LogP contribution in [0.2, 0.25) is 0 Å². The van der Waals surface area contributed by atoms with E-state index < -0.39 is 5.82 Å². The van der Waals surface area contributed by atoms with Gasteiger partial charge >= 0.3 is 0 Å². The van der Waals surface area contributed by atoms with Crippen molar-refractivity contribution in [3.05, 3.63) is 34.1 Å². The third-order valence-corrected chi connectivity index (χ3v) is 3.04. The third-order valence-electron chi connectivity index (χ3n) is 2.23. The summed E-state index contributed by atoms with van der Waals surface area (Å²) >= 11 is 3.08. The van der Waals surface area contributed by atoms with Crippen LogP contribution in [0.15, 0.2) is 22.7 Å². The zero-order valence-corrected chi connectivity index (χ0v) is 10.3.